The first-order chi connectivity index (χ1) is 8.13. The SMILES string of the molecule is COC(=O)C(=O)C(Cl)c1cccc(C2CC2)c1. The van der Waals surface area contributed by atoms with Gasteiger partial charge in [-0.15, -0.1) is 11.6 Å². The van der Waals surface area contributed by atoms with Crippen molar-refractivity contribution < 1.29 is 14.3 Å². The summed E-state index contributed by atoms with van der Waals surface area (Å²) in [5.41, 5.74) is 1.84. The molecule has 0 aliphatic heterocycles. The number of ether oxygens (including phenoxy) is 1. The minimum Gasteiger partial charge on any atom is -0.463 e. The Labute approximate surface area is 105 Å². The lowest BCUT2D eigenvalue weighted by atomic mass is 10.0. The minimum atomic E-state index is -0.957. The Balaban J connectivity index is 2.18. The first kappa shape index (κ1) is 12.1. The average molecular weight is 253 g/mol. The van der Waals surface area contributed by atoms with Crippen LogP contribution < -0.4 is 0 Å². The van der Waals surface area contributed by atoms with Crippen LogP contribution in [-0.4, -0.2) is 18.9 Å². The van der Waals surface area contributed by atoms with E-state index in [1.165, 1.54) is 25.5 Å². The normalized spacial score (nSPS) is 16.4. The van der Waals surface area contributed by atoms with Crippen LogP contribution in [0.2, 0.25) is 0 Å². The third kappa shape index (κ3) is 2.67. The van der Waals surface area contributed by atoms with Gasteiger partial charge in [-0.3, -0.25) is 4.79 Å². The second-order valence-corrected chi connectivity index (χ2v) is 4.60. The van der Waals surface area contributed by atoms with E-state index in [2.05, 4.69) is 4.74 Å². The minimum absolute atomic E-state index is 0.590. The Kier molecular flexibility index (Phi) is 3.48. The summed E-state index contributed by atoms with van der Waals surface area (Å²) >= 11 is 5.98. The van der Waals surface area contributed by atoms with E-state index < -0.39 is 17.1 Å². The molecule has 17 heavy (non-hydrogen) atoms. The summed E-state index contributed by atoms with van der Waals surface area (Å²) in [6, 6.07) is 7.54. The molecule has 0 heterocycles. The van der Waals surface area contributed by atoms with Crippen molar-refractivity contribution in [3.8, 4) is 0 Å². The van der Waals surface area contributed by atoms with Gasteiger partial charge in [-0.25, -0.2) is 4.79 Å². The highest BCUT2D eigenvalue weighted by Gasteiger charge is 2.28. The second-order valence-electron chi connectivity index (χ2n) is 4.16. The molecule has 1 aromatic rings. The number of carbonyl (C=O) groups excluding carboxylic acids is 2. The number of hydrogen-bond donors (Lipinski definition) is 0. The first-order valence-corrected chi connectivity index (χ1v) is 5.93. The summed E-state index contributed by atoms with van der Waals surface area (Å²) in [7, 11) is 1.17. The fourth-order valence-electron chi connectivity index (χ4n) is 1.74. The van der Waals surface area contributed by atoms with Crippen molar-refractivity contribution in [2.24, 2.45) is 0 Å². The molecule has 2 rings (SSSR count). The van der Waals surface area contributed by atoms with Crippen molar-refractivity contribution in [1.82, 2.24) is 0 Å². The number of carbonyl (C=O) groups is 2. The zero-order valence-corrected chi connectivity index (χ0v) is 10.2. The lowest BCUT2D eigenvalue weighted by molar-refractivity contribution is -0.151. The number of esters is 1. The molecule has 0 bridgehead atoms. The van der Waals surface area contributed by atoms with Crippen LogP contribution >= 0.6 is 11.6 Å². The molecule has 0 N–H and O–H groups in total. The fourth-order valence-corrected chi connectivity index (χ4v) is 1.97. The van der Waals surface area contributed by atoms with Gasteiger partial charge < -0.3 is 4.74 Å². The molecular weight excluding hydrogens is 240 g/mol. The van der Waals surface area contributed by atoms with Crippen LogP contribution in [0.1, 0.15) is 35.3 Å². The predicted molar refractivity (Wildman–Crippen MR) is 64.0 cm³/mol. The lowest BCUT2D eigenvalue weighted by Crippen LogP contribution is -2.20. The maximum Gasteiger partial charge on any atom is 0.376 e. The van der Waals surface area contributed by atoms with Gasteiger partial charge in [-0.05, 0) is 29.9 Å². The van der Waals surface area contributed by atoms with Gasteiger partial charge in [0.2, 0.25) is 0 Å². The third-order valence-corrected chi connectivity index (χ3v) is 3.32. The maximum atomic E-state index is 11.6. The fraction of sp³-hybridized carbons (Fsp3) is 0.385. The van der Waals surface area contributed by atoms with Gasteiger partial charge in [-0.2, -0.15) is 0 Å². The van der Waals surface area contributed by atoms with Crippen molar-refractivity contribution in [2.75, 3.05) is 7.11 Å². The molecule has 4 heteroatoms. The summed E-state index contributed by atoms with van der Waals surface area (Å²) < 4.78 is 4.37. The Hall–Kier alpha value is -1.35. The zero-order valence-electron chi connectivity index (χ0n) is 9.48. The van der Waals surface area contributed by atoms with Crippen molar-refractivity contribution in [2.45, 2.75) is 24.1 Å². The maximum absolute atomic E-state index is 11.6. The Morgan fingerprint density at radius 2 is 2.12 bits per heavy atom. The Morgan fingerprint density at radius 3 is 2.71 bits per heavy atom. The van der Waals surface area contributed by atoms with Gasteiger partial charge in [0.1, 0.15) is 5.38 Å². The highest BCUT2D eigenvalue weighted by Crippen LogP contribution is 2.41. The van der Waals surface area contributed by atoms with Crippen LogP contribution in [0.15, 0.2) is 24.3 Å². The van der Waals surface area contributed by atoms with Crippen LogP contribution in [0.3, 0.4) is 0 Å². The molecule has 0 radical (unpaired) electrons. The second kappa shape index (κ2) is 4.88. The monoisotopic (exact) mass is 252 g/mol. The number of Topliss-reactive ketones (excluding diaryl/α,β-unsaturated/α-hetero) is 1. The molecule has 1 aliphatic rings. The van der Waals surface area contributed by atoms with Crippen LogP contribution in [0.25, 0.3) is 0 Å². The van der Waals surface area contributed by atoms with Crippen molar-refractivity contribution >= 4 is 23.4 Å². The summed E-state index contributed by atoms with van der Waals surface area (Å²) in [6.45, 7) is 0. The largest absolute Gasteiger partial charge is 0.463 e. The van der Waals surface area contributed by atoms with E-state index in [0.29, 0.717) is 11.5 Å². The van der Waals surface area contributed by atoms with E-state index in [1.807, 2.05) is 18.2 Å². The number of benzene rings is 1. The molecule has 1 aromatic carbocycles. The lowest BCUT2D eigenvalue weighted by Gasteiger charge is -2.08. The molecule has 1 saturated carbocycles. The van der Waals surface area contributed by atoms with E-state index in [0.717, 1.165) is 0 Å². The van der Waals surface area contributed by atoms with E-state index in [-0.39, 0.29) is 0 Å². The molecule has 1 aliphatic carbocycles. The molecule has 0 spiro atoms. The molecule has 0 amide bonds. The van der Waals surface area contributed by atoms with Crippen LogP contribution in [0.4, 0.5) is 0 Å². The smallest absolute Gasteiger partial charge is 0.376 e. The van der Waals surface area contributed by atoms with Gasteiger partial charge >= 0.3 is 5.97 Å². The molecule has 1 unspecified atom stereocenters. The van der Waals surface area contributed by atoms with Crippen LogP contribution in [0.5, 0.6) is 0 Å². The molecule has 90 valence electrons. The number of halogens is 1. The van der Waals surface area contributed by atoms with Crippen LogP contribution in [-0.2, 0) is 14.3 Å². The first-order valence-electron chi connectivity index (χ1n) is 5.49. The van der Waals surface area contributed by atoms with E-state index in [4.69, 9.17) is 11.6 Å². The van der Waals surface area contributed by atoms with Gasteiger partial charge in [0.05, 0.1) is 7.11 Å². The van der Waals surface area contributed by atoms with Gasteiger partial charge in [0.15, 0.2) is 0 Å². The van der Waals surface area contributed by atoms with Gasteiger partial charge in [0, 0.05) is 0 Å². The van der Waals surface area contributed by atoms with Gasteiger partial charge in [0.25, 0.3) is 5.78 Å². The molecule has 3 nitrogen and oxygen atoms in total. The number of methoxy groups -OCH3 is 1. The van der Waals surface area contributed by atoms with Gasteiger partial charge in [-0.1, -0.05) is 24.3 Å². The van der Waals surface area contributed by atoms with E-state index in [1.54, 1.807) is 6.07 Å². The number of ketones is 1. The van der Waals surface area contributed by atoms with Crippen molar-refractivity contribution in [3.05, 3.63) is 35.4 Å². The summed E-state index contributed by atoms with van der Waals surface area (Å²) in [5, 5.41) is -0.957. The van der Waals surface area contributed by atoms with E-state index >= 15 is 0 Å². The quantitative estimate of drug-likeness (QED) is 0.470. The molecule has 0 aromatic heterocycles. The van der Waals surface area contributed by atoms with Crippen LogP contribution in [0, 0.1) is 0 Å². The topological polar surface area (TPSA) is 43.4 Å². The summed E-state index contributed by atoms with van der Waals surface area (Å²) in [6.07, 6.45) is 2.36. The predicted octanol–water partition coefficient (Wildman–Crippen LogP) is 2.59. The van der Waals surface area contributed by atoms with Crippen molar-refractivity contribution in [3.63, 3.8) is 0 Å². The third-order valence-electron chi connectivity index (χ3n) is 2.87. The number of rotatable bonds is 4. The molecular formula is C13H13ClO3. The highest BCUT2D eigenvalue weighted by atomic mass is 35.5. The standard InChI is InChI=1S/C13H13ClO3/c1-17-13(16)12(15)11(14)10-4-2-3-9(7-10)8-5-6-8/h2-4,7-8,11H,5-6H2,1H3. The Bertz CT molecular complexity index is 452. The molecule has 1 atom stereocenters. The summed E-state index contributed by atoms with van der Waals surface area (Å²) in [4.78, 5) is 22.7. The Morgan fingerprint density at radius 1 is 1.41 bits per heavy atom. The highest BCUT2D eigenvalue weighted by molar-refractivity contribution is 6.47. The average Bonchev–Trinajstić information content (AvgIpc) is 3.20. The number of hydrogen-bond acceptors (Lipinski definition) is 3. The number of alkyl halides is 1. The molecule has 0 saturated heterocycles. The summed E-state index contributed by atoms with van der Waals surface area (Å²) in [5.74, 6) is -1.03. The van der Waals surface area contributed by atoms with Crippen molar-refractivity contribution in [1.29, 1.82) is 0 Å². The van der Waals surface area contributed by atoms with E-state index in [9.17, 15) is 9.59 Å². The molecule has 1 fully saturated rings. The zero-order chi connectivity index (χ0) is 12.4.